The summed E-state index contributed by atoms with van der Waals surface area (Å²) in [7, 11) is 2.95. The summed E-state index contributed by atoms with van der Waals surface area (Å²) in [5, 5.41) is 5.63. The van der Waals surface area contributed by atoms with Crippen LogP contribution < -0.4 is 5.32 Å². The number of carbonyl (C=O) groups is 2. The van der Waals surface area contributed by atoms with Crippen LogP contribution in [0.5, 0.6) is 0 Å². The van der Waals surface area contributed by atoms with E-state index < -0.39 is 0 Å². The van der Waals surface area contributed by atoms with Gasteiger partial charge in [0.15, 0.2) is 0 Å². The highest BCUT2D eigenvalue weighted by atomic mass is 32.1. The Kier molecular flexibility index (Phi) is 4.94. The number of hydrogen-bond acceptors (Lipinski definition) is 4. The van der Waals surface area contributed by atoms with Gasteiger partial charge in [-0.05, 0) is 11.4 Å². The van der Waals surface area contributed by atoms with Gasteiger partial charge < -0.3 is 5.32 Å². The summed E-state index contributed by atoms with van der Waals surface area (Å²) >= 11 is 1.37. The lowest BCUT2D eigenvalue weighted by atomic mass is 10.3. The van der Waals surface area contributed by atoms with Crippen LogP contribution in [-0.4, -0.2) is 37.6 Å². The van der Waals surface area contributed by atoms with Crippen molar-refractivity contribution in [2.75, 3.05) is 20.7 Å². The Bertz CT molecular complexity index is 351. The van der Waals surface area contributed by atoms with E-state index in [1.807, 2.05) is 11.4 Å². The molecule has 6 heteroatoms. The molecule has 0 saturated carbocycles. The molecule has 0 unspecified atom stereocenters. The van der Waals surface area contributed by atoms with Crippen molar-refractivity contribution in [1.82, 2.24) is 10.4 Å². The van der Waals surface area contributed by atoms with Crippen LogP contribution in [0.1, 0.15) is 16.1 Å². The smallest absolute Gasteiger partial charge is 0.261 e. The van der Waals surface area contributed by atoms with Crippen LogP contribution in [-0.2, 0) is 9.63 Å². The first kappa shape index (κ1) is 12.7. The van der Waals surface area contributed by atoms with Gasteiger partial charge in [-0.2, -0.15) is 0 Å². The normalized spacial score (nSPS) is 9.88. The number of rotatable bonds is 5. The van der Waals surface area contributed by atoms with E-state index in [1.54, 1.807) is 6.07 Å². The number of hydrogen-bond donors (Lipinski definition) is 1. The largest absolute Gasteiger partial charge is 0.351 e. The molecule has 1 rings (SSSR count). The number of amides is 2. The van der Waals surface area contributed by atoms with Gasteiger partial charge in [-0.3, -0.25) is 14.4 Å². The Balaban J connectivity index is 2.26. The lowest BCUT2D eigenvalue weighted by Gasteiger charge is -2.13. The predicted molar refractivity (Wildman–Crippen MR) is 61.0 cm³/mol. The van der Waals surface area contributed by atoms with Crippen molar-refractivity contribution in [3.05, 3.63) is 22.4 Å². The van der Waals surface area contributed by atoms with Gasteiger partial charge in [0, 0.05) is 20.0 Å². The Morgan fingerprint density at radius 3 is 2.88 bits per heavy atom. The molecule has 2 amide bonds. The molecule has 88 valence electrons. The summed E-state index contributed by atoms with van der Waals surface area (Å²) in [5.41, 5.74) is 0. The molecule has 0 fully saturated rings. The fourth-order valence-corrected chi connectivity index (χ4v) is 1.68. The van der Waals surface area contributed by atoms with Crippen molar-refractivity contribution < 1.29 is 14.4 Å². The van der Waals surface area contributed by atoms with Crippen LogP contribution in [0.4, 0.5) is 0 Å². The van der Waals surface area contributed by atoms with Crippen molar-refractivity contribution in [1.29, 1.82) is 0 Å². The van der Waals surface area contributed by atoms with Crippen molar-refractivity contribution >= 4 is 23.2 Å². The average Bonchev–Trinajstić information content (AvgIpc) is 2.81. The maximum absolute atomic E-state index is 11.5. The van der Waals surface area contributed by atoms with Gasteiger partial charge in [-0.15, -0.1) is 11.3 Å². The summed E-state index contributed by atoms with van der Waals surface area (Å²) < 4.78 is 0. The number of carbonyl (C=O) groups excluding carboxylic acids is 2. The molecule has 1 aromatic heterocycles. The van der Waals surface area contributed by atoms with Gasteiger partial charge >= 0.3 is 0 Å². The molecule has 0 radical (unpaired) electrons. The molecule has 0 atom stereocenters. The van der Waals surface area contributed by atoms with Crippen LogP contribution in [0.15, 0.2) is 17.5 Å². The molecule has 1 heterocycles. The minimum atomic E-state index is -0.172. The Morgan fingerprint density at radius 2 is 2.31 bits per heavy atom. The standard InChI is InChI=1S/C10H14N2O3S/c1-12(15-2)9(13)5-6-11-10(14)8-4-3-7-16-8/h3-4,7H,5-6H2,1-2H3,(H,11,14). The lowest BCUT2D eigenvalue weighted by molar-refractivity contribution is -0.168. The average molecular weight is 242 g/mol. The maximum atomic E-state index is 11.5. The first-order valence-corrected chi connectivity index (χ1v) is 5.65. The Morgan fingerprint density at radius 1 is 1.56 bits per heavy atom. The molecule has 16 heavy (non-hydrogen) atoms. The molecular formula is C10H14N2O3S. The maximum Gasteiger partial charge on any atom is 0.261 e. The zero-order valence-corrected chi connectivity index (χ0v) is 10.0. The monoisotopic (exact) mass is 242 g/mol. The van der Waals surface area contributed by atoms with E-state index >= 15 is 0 Å². The van der Waals surface area contributed by atoms with Gasteiger partial charge in [-0.1, -0.05) is 6.07 Å². The molecule has 0 saturated heterocycles. The summed E-state index contributed by atoms with van der Waals surface area (Å²) in [6.07, 6.45) is 0.224. The summed E-state index contributed by atoms with van der Waals surface area (Å²) in [6.45, 7) is 0.309. The van der Waals surface area contributed by atoms with Crippen LogP contribution in [0.25, 0.3) is 0 Å². The second kappa shape index (κ2) is 6.24. The molecule has 0 spiro atoms. The van der Waals surface area contributed by atoms with Gasteiger partial charge in [0.25, 0.3) is 5.91 Å². The third-order valence-corrected chi connectivity index (χ3v) is 2.86. The lowest BCUT2D eigenvalue weighted by Crippen LogP contribution is -2.31. The molecule has 0 bridgehead atoms. The van der Waals surface area contributed by atoms with Crippen molar-refractivity contribution in [2.45, 2.75) is 6.42 Å². The molecule has 0 aliphatic heterocycles. The first-order chi connectivity index (χ1) is 7.65. The van der Waals surface area contributed by atoms with Crippen LogP contribution in [0, 0.1) is 0 Å². The minimum absolute atomic E-state index is 0.150. The highest BCUT2D eigenvalue weighted by molar-refractivity contribution is 7.12. The van der Waals surface area contributed by atoms with Gasteiger partial charge in [0.1, 0.15) is 0 Å². The quantitative estimate of drug-likeness (QED) is 0.780. The van der Waals surface area contributed by atoms with Gasteiger partial charge in [0.05, 0.1) is 12.0 Å². The Hall–Kier alpha value is -1.40. The van der Waals surface area contributed by atoms with Crippen LogP contribution >= 0.6 is 11.3 Å². The third-order valence-electron chi connectivity index (χ3n) is 1.99. The number of thiophene rings is 1. The van der Waals surface area contributed by atoms with E-state index in [9.17, 15) is 9.59 Å². The highest BCUT2D eigenvalue weighted by Gasteiger charge is 2.09. The molecule has 0 aromatic carbocycles. The molecule has 1 N–H and O–H groups in total. The highest BCUT2D eigenvalue weighted by Crippen LogP contribution is 2.07. The fourth-order valence-electron chi connectivity index (χ4n) is 1.04. The van der Waals surface area contributed by atoms with E-state index in [0.717, 1.165) is 5.06 Å². The number of hydroxylamine groups is 2. The molecular weight excluding hydrogens is 228 g/mol. The van der Waals surface area contributed by atoms with Crippen LogP contribution in [0.3, 0.4) is 0 Å². The van der Waals surface area contributed by atoms with E-state index in [2.05, 4.69) is 5.32 Å². The SMILES string of the molecule is CON(C)C(=O)CCNC(=O)c1cccs1. The summed E-state index contributed by atoms with van der Waals surface area (Å²) in [6, 6.07) is 3.55. The first-order valence-electron chi connectivity index (χ1n) is 4.77. The third kappa shape index (κ3) is 3.63. The number of nitrogens with one attached hydrogen (secondary N) is 1. The second-order valence-corrected chi connectivity index (χ2v) is 4.00. The van der Waals surface area contributed by atoms with Crippen molar-refractivity contribution in [2.24, 2.45) is 0 Å². The van der Waals surface area contributed by atoms with E-state index in [-0.39, 0.29) is 18.2 Å². The zero-order valence-electron chi connectivity index (χ0n) is 9.23. The second-order valence-electron chi connectivity index (χ2n) is 3.06. The Labute approximate surface area is 98.0 Å². The molecule has 0 aliphatic rings. The van der Waals surface area contributed by atoms with E-state index in [1.165, 1.54) is 25.5 Å². The van der Waals surface area contributed by atoms with E-state index in [0.29, 0.717) is 11.4 Å². The van der Waals surface area contributed by atoms with Crippen molar-refractivity contribution in [3.8, 4) is 0 Å². The topological polar surface area (TPSA) is 58.6 Å². The molecule has 1 aromatic rings. The molecule has 0 aliphatic carbocycles. The van der Waals surface area contributed by atoms with Gasteiger partial charge in [-0.25, -0.2) is 5.06 Å². The minimum Gasteiger partial charge on any atom is -0.351 e. The van der Waals surface area contributed by atoms with E-state index in [4.69, 9.17) is 4.84 Å². The number of nitrogens with zero attached hydrogens (tertiary/aromatic N) is 1. The van der Waals surface area contributed by atoms with Crippen LogP contribution in [0.2, 0.25) is 0 Å². The predicted octanol–water partition coefficient (Wildman–Crippen LogP) is 0.888. The summed E-state index contributed by atoms with van der Waals surface area (Å²) in [4.78, 5) is 28.1. The summed E-state index contributed by atoms with van der Waals surface area (Å²) in [5.74, 6) is -0.322. The van der Waals surface area contributed by atoms with Crippen molar-refractivity contribution in [3.63, 3.8) is 0 Å². The zero-order chi connectivity index (χ0) is 12.0. The van der Waals surface area contributed by atoms with Gasteiger partial charge in [0.2, 0.25) is 5.91 Å². The fraction of sp³-hybridized carbons (Fsp3) is 0.400. The molecule has 5 nitrogen and oxygen atoms in total.